The molecule has 0 atom stereocenters. The molecule has 0 spiro atoms. The van der Waals surface area contributed by atoms with Gasteiger partial charge in [-0.1, -0.05) is 6.07 Å². The first-order chi connectivity index (χ1) is 12.0. The number of amides is 2. The van der Waals surface area contributed by atoms with Crippen molar-refractivity contribution in [2.75, 3.05) is 19.6 Å². The van der Waals surface area contributed by atoms with Crippen LogP contribution < -0.4 is 5.32 Å². The summed E-state index contributed by atoms with van der Waals surface area (Å²) in [5, 5.41) is 7.05. The van der Waals surface area contributed by atoms with Gasteiger partial charge in [0.1, 0.15) is 0 Å². The zero-order valence-corrected chi connectivity index (χ0v) is 14.2. The van der Waals surface area contributed by atoms with Crippen molar-refractivity contribution in [3.8, 4) is 0 Å². The van der Waals surface area contributed by atoms with Crippen LogP contribution in [0.25, 0.3) is 0 Å². The lowest BCUT2D eigenvalue weighted by Gasteiger charge is -2.32. The molecule has 0 bridgehead atoms. The van der Waals surface area contributed by atoms with Gasteiger partial charge in [-0.3, -0.25) is 4.68 Å². The minimum Gasteiger partial charge on any atom is -0.338 e. The number of hydrogen-bond acceptors (Lipinski definition) is 2. The number of benzene rings is 1. The molecule has 2 heterocycles. The number of aryl methyl sites for hydroxylation is 1. The van der Waals surface area contributed by atoms with E-state index in [9.17, 15) is 13.6 Å². The summed E-state index contributed by atoms with van der Waals surface area (Å²) in [5.41, 5.74) is 1.87. The smallest absolute Gasteiger partial charge is 0.317 e. The van der Waals surface area contributed by atoms with Crippen molar-refractivity contribution >= 4 is 6.03 Å². The van der Waals surface area contributed by atoms with E-state index in [1.54, 1.807) is 11.1 Å². The molecule has 1 aromatic heterocycles. The fourth-order valence-electron chi connectivity index (χ4n) is 3.28. The number of halogens is 2. The van der Waals surface area contributed by atoms with Crippen LogP contribution in [-0.2, 0) is 13.5 Å². The number of carbonyl (C=O) groups excluding carboxylic acids is 1. The molecule has 0 saturated carbocycles. The quantitative estimate of drug-likeness (QED) is 0.924. The molecular weight excluding hydrogens is 326 g/mol. The maximum absolute atomic E-state index is 13.2. The van der Waals surface area contributed by atoms with Crippen LogP contribution in [0.15, 0.2) is 30.5 Å². The van der Waals surface area contributed by atoms with Gasteiger partial charge in [-0.2, -0.15) is 5.10 Å². The van der Waals surface area contributed by atoms with E-state index in [-0.39, 0.29) is 6.03 Å². The zero-order chi connectivity index (χ0) is 17.8. The Kier molecular flexibility index (Phi) is 5.31. The number of hydrogen-bond donors (Lipinski definition) is 1. The summed E-state index contributed by atoms with van der Waals surface area (Å²) >= 11 is 0. The maximum Gasteiger partial charge on any atom is 0.317 e. The van der Waals surface area contributed by atoms with E-state index >= 15 is 0 Å². The monoisotopic (exact) mass is 348 g/mol. The molecule has 0 aliphatic carbocycles. The van der Waals surface area contributed by atoms with E-state index in [4.69, 9.17) is 0 Å². The molecule has 0 unspecified atom stereocenters. The van der Waals surface area contributed by atoms with Gasteiger partial charge >= 0.3 is 6.03 Å². The third-order valence-electron chi connectivity index (χ3n) is 4.73. The molecule has 0 radical (unpaired) electrons. The van der Waals surface area contributed by atoms with Crippen molar-refractivity contribution in [2.45, 2.75) is 25.2 Å². The first-order valence-corrected chi connectivity index (χ1v) is 8.49. The molecule has 1 aliphatic heterocycles. The second-order valence-corrected chi connectivity index (χ2v) is 6.37. The summed E-state index contributed by atoms with van der Waals surface area (Å²) in [6.45, 7) is 1.80. The highest BCUT2D eigenvalue weighted by atomic mass is 19.2. The molecule has 2 amide bonds. The summed E-state index contributed by atoms with van der Waals surface area (Å²) in [7, 11) is 1.94. The van der Waals surface area contributed by atoms with Crippen LogP contribution in [0.2, 0.25) is 0 Å². The van der Waals surface area contributed by atoms with Crippen LogP contribution in [0.1, 0.15) is 30.0 Å². The minimum absolute atomic E-state index is 0.106. The molecule has 1 aliphatic rings. The van der Waals surface area contributed by atoms with E-state index in [0.717, 1.165) is 18.9 Å². The van der Waals surface area contributed by atoms with Crippen molar-refractivity contribution in [1.82, 2.24) is 20.0 Å². The molecule has 134 valence electrons. The lowest BCUT2D eigenvalue weighted by atomic mass is 9.93. The molecule has 2 aromatic rings. The largest absolute Gasteiger partial charge is 0.338 e. The Balaban J connectivity index is 1.43. The van der Waals surface area contributed by atoms with E-state index < -0.39 is 11.6 Å². The summed E-state index contributed by atoms with van der Waals surface area (Å²) in [6, 6.07) is 5.73. The molecule has 1 fully saturated rings. The van der Waals surface area contributed by atoms with E-state index in [1.807, 2.05) is 17.8 Å². The number of rotatable bonds is 4. The Morgan fingerprint density at radius 2 is 2.00 bits per heavy atom. The molecule has 1 saturated heterocycles. The van der Waals surface area contributed by atoms with Crippen molar-refractivity contribution < 1.29 is 13.6 Å². The lowest BCUT2D eigenvalue weighted by Crippen LogP contribution is -2.44. The van der Waals surface area contributed by atoms with Crippen molar-refractivity contribution in [3.63, 3.8) is 0 Å². The van der Waals surface area contributed by atoms with Gasteiger partial charge in [0.2, 0.25) is 0 Å². The second-order valence-electron chi connectivity index (χ2n) is 6.37. The van der Waals surface area contributed by atoms with E-state index in [2.05, 4.69) is 10.4 Å². The summed E-state index contributed by atoms with van der Waals surface area (Å²) < 4.78 is 27.9. The minimum atomic E-state index is -0.860. The number of nitrogens with one attached hydrogen (secondary N) is 1. The van der Waals surface area contributed by atoms with Crippen LogP contribution in [0.5, 0.6) is 0 Å². The first kappa shape index (κ1) is 17.4. The van der Waals surface area contributed by atoms with Crippen LogP contribution in [0.3, 0.4) is 0 Å². The van der Waals surface area contributed by atoms with Crippen molar-refractivity contribution in [1.29, 1.82) is 0 Å². The third kappa shape index (κ3) is 4.15. The molecule has 5 nitrogen and oxygen atoms in total. The van der Waals surface area contributed by atoms with Gasteiger partial charge in [0.15, 0.2) is 11.6 Å². The Morgan fingerprint density at radius 3 is 2.64 bits per heavy atom. The number of carbonyl (C=O) groups is 1. The first-order valence-electron chi connectivity index (χ1n) is 8.49. The average molecular weight is 348 g/mol. The SMILES string of the molecule is Cn1nccc1C1CCN(C(=O)NCCc2ccc(F)c(F)c2)CC1. The van der Waals surface area contributed by atoms with Gasteiger partial charge < -0.3 is 10.2 Å². The van der Waals surface area contributed by atoms with Gasteiger partial charge in [-0.05, 0) is 43.0 Å². The Hall–Kier alpha value is -2.44. The van der Waals surface area contributed by atoms with Gasteiger partial charge in [0, 0.05) is 44.5 Å². The second kappa shape index (κ2) is 7.63. The van der Waals surface area contributed by atoms with E-state index in [0.29, 0.717) is 37.5 Å². The highest BCUT2D eigenvalue weighted by Gasteiger charge is 2.25. The molecule has 25 heavy (non-hydrogen) atoms. The summed E-state index contributed by atoms with van der Waals surface area (Å²) in [5.74, 6) is -1.29. The number of urea groups is 1. The van der Waals surface area contributed by atoms with Crippen molar-refractivity contribution in [3.05, 3.63) is 53.4 Å². The molecule has 7 heteroatoms. The Labute approximate surface area is 145 Å². The predicted molar refractivity (Wildman–Crippen MR) is 90.2 cm³/mol. The highest BCUT2D eigenvalue weighted by molar-refractivity contribution is 5.74. The zero-order valence-electron chi connectivity index (χ0n) is 14.2. The molecule has 3 rings (SSSR count). The summed E-state index contributed by atoms with van der Waals surface area (Å²) in [4.78, 5) is 14.0. The molecule has 1 N–H and O–H groups in total. The number of nitrogens with zero attached hydrogens (tertiary/aromatic N) is 3. The predicted octanol–water partition coefficient (Wildman–Crippen LogP) is 2.83. The standard InChI is InChI=1S/C18H22F2N4O/c1-23-17(5-9-22-23)14-6-10-24(11-7-14)18(25)21-8-4-13-2-3-15(19)16(20)12-13/h2-3,5,9,12,14H,4,6-8,10-11H2,1H3,(H,21,25). The molecule has 1 aromatic carbocycles. The molecular formula is C18H22F2N4O. The highest BCUT2D eigenvalue weighted by Crippen LogP contribution is 2.27. The van der Waals surface area contributed by atoms with Gasteiger partial charge in [-0.25, -0.2) is 13.6 Å². The fourth-order valence-corrected chi connectivity index (χ4v) is 3.28. The average Bonchev–Trinajstić information content (AvgIpc) is 3.04. The number of aromatic nitrogens is 2. The Morgan fingerprint density at radius 1 is 1.24 bits per heavy atom. The number of likely N-dealkylation sites (tertiary alicyclic amines) is 1. The van der Waals surface area contributed by atoms with Gasteiger partial charge in [0.05, 0.1) is 0 Å². The third-order valence-corrected chi connectivity index (χ3v) is 4.73. The fraction of sp³-hybridized carbons (Fsp3) is 0.444. The maximum atomic E-state index is 13.2. The van der Waals surface area contributed by atoms with Gasteiger partial charge in [-0.15, -0.1) is 0 Å². The van der Waals surface area contributed by atoms with E-state index in [1.165, 1.54) is 17.8 Å². The van der Waals surface area contributed by atoms with Crippen LogP contribution in [-0.4, -0.2) is 40.3 Å². The topological polar surface area (TPSA) is 50.2 Å². The lowest BCUT2D eigenvalue weighted by molar-refractivity contribution is 0.180. The Bertz CT molecular complexity index is 738. The van der Waals surface area contributed by atoms with Gasteiger partial charge in [0.25, 0.3) is 0 Å². The van der Waals surface area contributed by atoms with Crippen LogP contribution >= 0.6 is 0 Å². The summed E-state index contributed by atoms with van der Waals surface area (Å²) in [6.07, 6.45) is 4.09. The van der Waals surface area contributed by atoms with Crippen molar-refractivity contribution in [2.24, 2.45) is 7.05 Å². The van der Waals surface area contributed by atoms with Crippen LogP contribution in [0, 0.1) is 11.6 Å². The van der Waals surface area contributed by atoms with Crippen LogP contribution in [0.4, 0.5) is 13.6 Å². The number of piperidine rings is 1. The normalized spacial score (nSPS) is 15.4.